The molecule has 0 radical (unpaired) electrons. The van der Waals surface area contributed by atoms with E-state index >= 15 is 0 Å². The molecule has 0 saturated heterocycles. The number of aliphatic hydroxyl groups is 1. The molecule has 0 aliphatic rings. The third-order valence-electron chi connectivity index (χ3n) is 1.80. The predicted molar refractivity (Wildman–Crippen MR) is 40.3 cm³/mol. The van der Waals surface area contributed by atoms with Gasteiger partial charge in [-0.3, -0.25) is 0 Å². The van der Waals surface area contributed by atoms with E-state index in [9.17, 15) is 0 Å². The third-order valence-corrected chi connectivity index (χ3v) is 1.80. The van der Waals surface area contributed by atoms with E-state index in [1.165, 1.54) is 0 Å². The molecular weight excluding hydrogens is 112 g/mol. The average Bonchev–Trinajstić information content (AvgIpc) is 1.65. The highest BCUT2D eigenvalue weighted by Crippen LogP contribution is 2.24. The molecule has 0 aliphatic heterocycles. The standard InChI is InChI=1S/C8H16O/c1-5-6-8(3,4)7(2)9/h5,7,9H,1,6H2,2-4H3. The van der Waals surface area contributed by atoms with Gasteiger partial charge in [-0.2, -0.15) is 0 Å². The second-order valence-corrected chi connectivity index (χ2v) is 3.16. The molecule has 54 valence electrons. The van der Waals surface area contributed by atoms with E-state index < -0.39 is 0 Å². The van der Waals surface area contributed by atoms with Crippen LogP contribution < -0.4 is 0 Å². The predicted octanol–water partition coefficient (Wildman–Crippen LogP) is 1.97. The molecule has 1 N–H and O–H groups in total. The van der Waals surface area contributed by atoms with Crippen LogP contribution in [-0.4, -0.2) is 11.2 Å². The van der Waals surface area contributed by atoms with E-state index in [2.05, 4.69) is 6.58 Å². The van der Waals surface area contributed by atoms with Gasteiger partial charge in [-0.05, 0) is 18.8 Å². The zero-order chi connectivity index (χ0) is 7.49. The van der Waals surface area contributed by atoms with Crippen molar-refractivity contribution >= 4 is 0 Å². The summed E-state index contributed by atoms with van der Waals surface area (Å²) < 4.78 is 0. The van der Waals surface area contributed by atoms with Crippen molar-refractivity contribution in [3.05, 3.63) is 12.7 Å². The second-order valence-electron chi connectivity index (χ2n) is 3.16. The Bertz CT molecular complexity index is 92.7. The normalized spacial score (nSPS) is 15.1. The summed E-state index contributed by atoms with van der Waals surface area (Å²) in [5.74, 6) is 0. The molecule has 0 aromatic rings. The molecule has 1 unspecified atom stereocenters. The van der Waals surface area contributed by atoms with Crippen LogP contribution in [0.15, 0.2) is 12.7 Å². The Morgan fingerprint density at radius 1 is 1.67 bits per heavy atom. The first-order chi connectivity index (χ1) is 4.00. The fraction of sp³-hybridized carbons (Fsp3) is 0.750. The van der Waals surface area contributed by atoms with Crippen LogP contribution in [0.25, 0.3) is 0 Å². The average molecular weight is 128 g/mol. The minimum absolute atomic E-state index is 0.0122. The van der Waals surface area contributed by atoms with Crippen molar-refractivity contribution in [1.29, 1.82) is 0 Å². The number of hydrogen-bond donors (Lipinski definition) is 1. The summed E-state index contributed by atoms with van der Waals surface area (Å²) in [4.78, 5) is 0. The third kappa shape index (κ3) is 2.66. The largest absolute Gasteiger partial charge is 0.393 e. The van der Waals surface area contributed by atoms with E-state index in [1.807, 2.05) is 26.8 Å². The van der Waals surface area contributed by atoms with Gasteiger partial charge in [-0.25, -0.2) is 0 Å². The van der Waals surface area contributed by atoms with Gasteiger partial charge in [-0.1, -0.05) is 19.9 Å². The van der Waals surface area contributed by atoms with Crippen LogP contribution in [0.1, 0.15) is 27.2 Å². The Balaban J connectivity index is 3.84. The first-order valence-electron chi connectivity index (χ1n) is 3.29. The summed E-state index contributed by atoms with van der Waals surface area (Å²) in [5, 5.41) is 9.16. The zero-order valence-corrected chi connectivity index (χ0v) is 6.52. The van der Waals surface area contributed by atoms with Crippen molar-refractivity contribution in [3.63, 3.8) is 0 Å². The SMILES string of the molecule is C=CCC(C)(C)C(C)O. The van der Waals surface area contributed by atoms with Gasteiger partial charge in [0.25, 0.3) is 0 Å². The molecule has 0 saturated carbocycles. The summed E-state index contributed by atoms with van der Waals surface area (Å²) in [5.41, 5.74) is -0.0122. The summed E-state index contributed by atoms with van der Waals surface area (Å²) in [7, 11) is 0. The van der Waals surface area contributed by atoms with Crippen LogP contribution in [0.5, 0.6) is 0 Å². The molecule has 0 amide bonds. The lowest BCUT2D eigenvalue weighted by Gasteiger charge is -2.25. The molecule has 0 rings (SSSR count). The van der Waals surface area contributed by atoms with Gasteiger partial charge in [0, 0.05) is 0 Å². The molecule has 0 aliphatic carbocycles. The maximum Gasteiger partial charge on any atom is 0.0565 e. The highest BCUT2D eigenvalue weighted by Gasteiger charge is 2.21. The number of aliphatic hydroxyl groups excluding tert-OH is 1. The number of rotatable bonds is 3. The molecule has 0 fully saturated rings. The van der Waals surface area contributed by atoms with Gasteiger partial charge in [0.2, 0.25) is 0 Å². The Kier molecular flexibility index (Phi) is 2.92. The lowest BCUT2D eigenvalue weighted by Crippen LogP contribution is -2.25. The van der Waals surface area contributed by atoms with Crippen molar-refractivity contribution in [2.24, 2.45) is 5.41 Å². The Morgan fingerprint density at radius 2 is 2.11 bits per heavy atom. The van der Waals surface area contributed by atoms with Crippen LogP contribution in [0.4, 0.5) is 0 Å². The van der Waals surface area contributed by atoms with Crippen LogP contribution in [0, 0.1) is 5.41 Å². The van der Waals surface area contributed by atoms with Gasteiger partial charge in [0.05, 0.1) is 6.10 Å². The quantitative estimate of drug-likeness (QED) is 0.576. The van der Waals surface area contributed by atoms with Crippen molar-refractivity contribution in [1.82, 2.24) is 0 Å². The smallest absolute Gasteiger partial charge is 0.0565 e. The highest BCUT2D eigenvalue weighted by atomic mass is 16.3. The van der Waals surface area contributed by atoms with Crippen molar-refractivity contribution in [2.75, 3.05) is 0 Å². The zero-order valence-electron chi connectivity index (χ0n) is 6.52. The fourth-order valence-corrected chi connectivity index (χ4v) is 0.543. The van der Waals surface area contributed by atoms with E-state index in [0.29, 0.717) is 0 Å². The molecule has 0 spiro atoms. The van der Waals surface area contributed by atoms with E-state index in [0.717, 1.165) is 6.42 Å². The van der Waals surface area contributed by atoms with Crippen molar-refractivity contribution in [3.8, 4) is 0 Å². The van der Waals surface area contributed by atoms with E-state index in [4.69, 9.17) is 5.11 Å². The van der Waals surface area contributed by atoms with Gasteiger partial charge in [-0.15, -0.1) is 6.58 Å². The highest BCUT2D eigenvalue weighted by molar-refractivity contribution is 4.82. The van der Waals surface area contributed by atoms with Crippen LogP contribution in [0.3, 0.4) is 0 Å². The van der Waals surface area contributed by atoms with Gasteiger partial charge < -0.3 is 5.11 Å². The molecule has 0 heterocycles. The molecule has 0 aromatic carbocycles. The van der Waals surface area contributed by atoms with Gasteiger partial charge in [0.15, 0.2) is 0 Å². The molecule has 1 atom stereocenters. The van der Waals surface area contributed by atoms with E-state index in [1.54, 1.807) is 0 Å². The monoisotopic (exact) mass is 128 g/mol. The maximum atomic E-state index is 9.16. The van der Waals surface area contributed by atoms with Gasteiger partial charge in [0.1, 0.15) is 0 Å². The molecule has 0 bridgehead atoms. The first kappa shape index (κ1) is 8.70. The van der Waals surface area contributed by atoms with Crippen molar-refractivity contribution in [2.45, 2.75) is 33.3 Å². The maximum absolute atomic E-state index is 9.16. The topological polar surface area (TPSA) is 20.2 Å². The number of hydrogen-bond acceptors (Lipinski definition) is 1. The Hall–Kier alpha value is -0.300. The fourth-order valence-electron chi connectivity index (χ4n) is 0.543. The summed E-state index contributed by atoms with van der Waals surface area (Å²) >= 11 is 0. The van der Waals surface area contributed by atoms with Crippen LogP contribution >= 0.6 is 0 Å². The molecule has 0 aromatic heterocycles. The number of allylic oxidation sites excluding steroid dienone is 1. The van der Waals surface area contributed by atoms with Gasteiger partial charge >= 0.3 is 0 Å². The van der Waals surface area contributed by atoms with Crippen LogP contribution in [0.2, 0.25) is 0 Å². The first-order valence-corrected chi connectivity index (χ1v) is 3.29. The van der Waals surface area contributed by atoms with E-state index in [-0.39, 0.29) is 11.5 Å². The molecular formula is C8H16O. The molecule has 1 nitrogen and oxygen atoms in total. The lowest BCUT2D eigenvalue weighted by atomic mass is 9.84. The Labute approximate surface area is 57.4 Å². The van der Waals surface area contributed by atoms with Crippen molar-refractivity contribution < 1.29 is 5.11 Å². The minimum Gasteiger partial charge on any atom is -0.393 e. The summed E-state index contributed by atoms with van der Waals surface area (Å²) in [6.45, 7) is 9.48. The minimum atomic E-state index is -0.254. The molecule has 9 heavy (non-hydrogen) atoms. The summed E-state index contributed by atoms with van der Waals surface area (Å²) in [6.07, 6.45) is 2.45. The Morgan fingerprint density at radius 3 is 2.22 bits per heavy atom. The summed E-state index contributed by atoms with van der Waals surface area (Å²) in [6, 6.07) is 0. The molecule has 1 heteroatoms. The second kappa shape index (κ2) is 3.02. The lowest BCUT2D eigenvalue weighted by molar-refractivity contribution is 0.0685. The van der Waals surface area contributed by atoms with Crippen LogP contribution in [-0.2, 0) is 0 Å².